The first-order valence-corrected chi connectivity index (χ1v) is 8.50. The van der Waals surface area contributed by atoms with Crippen LogP contribution in [-0.2, 0) is 0 Å². The van der Waals surface area contributed by atoms with Gasteiger partial charge >= 0.3 is 5.82 Å². The molecule has 0 bridgehead atoms. The van der Waals surface area contributed by atoms with Crippen molar-refractivity contribution < 1.29 is 14.1 Å². The van der Waals surface area contributed by atoms with Crippen molar-refractivity contribution in [3.63, 3.8) is 0 Å². The van der Waals surface area contributed by atoms with E-state index in [1.165, 1.54) is 35.1 Å². The predicted octanol–water partition coefficient (Wildman–Crippen LogP) is 4.87. The van der Waals surface area contributed by atoms with Crippen LogP contribution in [0.15, 0.2) is 47.2 Å². The summed E-state index contributed by atoms with van der Waals surface area (Å²) in [5.41, 5.74) is 0.982. The number of hydrogen-bond donors (Lipinski definition) is 0. The molecule has 7 nitrogen and oxygen atoms in total. The van der Waals surface area contributed by atoms with Crippen LogP contribution in [-0.4, -0.2) is 19.7 Å². The van der Waals surface area contributed by atoms with Gasteiger partial charge in [0.25, 0.3) is 0 Å². The highest BCUT2D eigenvalue weighted by Crippen LogP contribution is 2.33. The van der Waals surface area contributed by atoms with E-state index in [4.69, 9.17) is 16.3 Å². The summed E-state index contributed by atoms with van der Waals surface area (Å²) in [6.45, 7) is 1.65. The van der Waals surface area contributed by atoms with Gasteiger partial charge in [-0.3, -0.25) is 0 Å². The van der Waals surface area contributed by atoms with Crippen molar-refractivity contribution in [1.29, 1.82) is 0 Å². The minimum absolute atomic E-state index is 0.0365. The van der Waals surface area contributed by atoms with E-state index in [1.807, 2.05) is 0 Å². The molecular weight excluding hydrogens is 431 g/mol. The average Bonchev–Trinajstić information content (AvgIpc) is 3.00. The van der Waals surface area contributed by atoms with Gasteiger partial charge in [-0.15, -0.1) is 0 Å². The molecule has 134 valence electrons. The number of pyridine rings is 1. The molecule has 2 heterocycles. The van der Waals surface area contributed by atoms with E-state index in [9.17, 15) is 14.5 Å². The average molecular weight is 442 g/mol. The molecule has 0 aliphatic rings. The summed E-state index contributed by atoms with van der Waals surface area (Å²) >= 11 is 9.05. The number of nitrogens with zero attached hydrogens (tertiary/aromatic N) is 4. The Kier molecular flexibility index (Phi) is 5.19. The Hall–Kier alpha value is -2.52. The molecule has 1 atom stereocenters. The molecular formula is C16H11BrClFN4O3. The lowest BCUT2D eigenvalue weighted by Gasteiger charge is -2.18. The van der Waals surface area contributed by atoms with Crippen molar-refractivity contribution in [2.24, 2.45) is 0 Å². The first-order valence-electron chi connectivity index (χ1n) is 7.32. The molecule has 1 unspecified atom stereocenters. The Morgan fingerprint density at radius 1 is 1.38 bits per heavy atom. The van der Waals surface area contributed by atoms with E-state index in [2.05, 4.69) is 26.0 Å². The van der Waals surface area contributed by atoms with Gasteiger partial charge in [-0.25, -0.2) is 9.07 Å². The summed E-state index contributed by atoms with van der Waals surface area (Å²) in [6.07, 6.45) is 2.20. The van der Waals surface area contributed by atoms with E-state index < -0.39 is 22.7 Å². The third-order valence-electron chi connectivity index (χ3n) is 3.51. The van der Waals surface area contributed by atoms with Gasteiger partial charge in [0.2, 0.25) is 5.75 Å². The highest BCUT2D eigenvalue weighted by atomic mass is 79.9. The lowest BCUT2D eigenvalue weighted by molar-refractivity contribution is -0.390. The molecule has 0 saturated heterocycles. The fraction of sp³-hybridized carbons (Fsp3) is 0.125. The van der Waals surface area contributed by atoms with E-state index >= 15 is 0 Å². The molecule has 0 fully saturated rings. The number of aromatic nitrogens is 3. The van der Waals surface area contributed by atoms with Crippen LogP contribution in [0.2, 0.25) is 5.15 Å². The minimum atomic E-state index is -0.724. The van der Waals surface area contributed by atoms with Crippen molar-refractivity contribution in [2.75, 3.05) is 0 Å². The normalized spacial score (nSPS) is 12.0. The lowest BCUT2D eigenvalue weighted by Crippen LogP contribution is -2.10. The van der Waals surface area contributed by atoms with Crippen LogP contribution in [0.4, 0.5) is 10.2 Å². The molecule has 0 saturated carbocycles. The minimum Gasteiger partial charge on any atom is -0.478 e. The quantitative estimate of drug-likeness (QED) is 0.417. The predicted molar refractivity (Wildman–Crippen MR) is 96.2 cm³/mol. The molecule has 10 heteroatoms. The zero-order chi connectivity index (χ0) is 18.8. The molecule has 3 aromatic rings. The molecule has 26 heavy (non-hydrogen) atoms. The second-order valence-corrected chi connectivity index (χ2v) is 6.58. The highest BCUT2D eigenvalue weighted by molar-refractivity contribution is 9.10. The summed E-state index contributed by atoms with van der Waals surface area (Å²) in [7, 11) is 0. The number of hydrogen-bond acceptors (Lipinski definition) is 5. The van der Waals surface area contributed by atoms with Crippen molar-refractivity contribution in [2.45, 2.75) is 13.0 Å². The van der Waals surface area contributed by atoms with Crippen LogP contribution in [0.1, 0.15) is 18.6 Å². The molecule has 2 aromatic heterocycles. The van der Waals surface area contributed by atoms with Gasteiger partial charge in [-0.05, 0) is 57.0 Å². The van der Waals surface area contributed by atoms with Crippen LogP contribution in [0.25, 0.3) is 5.69 Å². The Morgan fingerprint density at radius 3 is 2.81 bits per heavy atom. The number of nitro groups is 1. The van der Waals surface area contributed by atoms with Gasteiger partial charge in [-0.2, -0.15) is 5.10 Å². The van der Waals surface area contributed by atoms with Gasteiger partial charge in [0.05, 0.1) is 10.2 Å². The maximum Gasteiger partial charge on any atom is 0.406 e. The van der Waals surface area contributed by atoms with Crippen molar-refractivity contribution in [3.05, 3.63) is 73.8 Å². The van der Waals surface area contributed by atoms with Crippen LogP contribution in [0.5, 0.6) is 5.75 Å². The Morgan fingerprint density at radius 2 is 2.15 bits per heavy atom. The lowest BCUT2D eigenvalue weighted by atomic mass is 10.1. The Bertz CT molecular complexity index is 982. The molecule has 0 aliphatic heterocycles. The van der Waals surface area contributed by atoms with E-state index in [-0.39, 0.29) is 10.9 Å². The first kappa shape index (κ1) is 18.3. The zero-order valence-corrected chi connectivity index (χ0v) is 15.6. The monoisotopic (exact) mass is 440 g/mol. The van der Waals surface area contributed by atoms with Gasteiger partial charge < -0.3 is 14.9 Å². The van der Waals surface area contributed by atoms with Crippen molar-refractivity contribution >= 4 is 33.3 Å². The van der Waals surface area contributed by atoms with E-state index in [1.54, 1.807) is 19.2 Å². The highest BCUT2D eigenvalue weighted by Gasteiger charge is 2.22. The van der Waals surface area contributed by atoms with Crippen molar-refractivity contribution in [1.82, 2.24) is 14.8 Å². The topological polar surface area (TPSA) is 83.1 Å². The van der Waals surface area contributed by atoms with Crippen LogP contribution >= 0.6 is 27.5 Å². The largest absolute Gasteiger partial charge is 0.478 e. The smallest absolute Gasteiger partial charge is 0.406 e. The van der Waals surface area contributed by atoms with E-state index in [0.29, 0.717) is 15.7 Å². The van der Waals surface area contributed by atoms with Crippen LogP contribution in [0, 0.1) is 15.9 Å². The first-order chi connectivity index (χ1) is 12.3. The third kappa shape index (κ3) is 3.83. The summed E-state index contributed by atoms with van der Waals surface area (Å²) < 4.78 is 21.5. The molecule has 0 amide bonds. The Labute approximate surface area is 160 Å². The fourth-order valence-electron chi connectivity index (χ4n) is 2.39. The summed E-state index contributed by atoms with van der Waals surface area (Å²) in [5, 5.41) is 15.5. The molecule has 1 aromatic carbocycles. The number of rotatable bonds is 5. The SMILES string of the molecule is CC(Oc1cc(Br)cnc1[N+](=O)[O-])c1cc(F)ccc1-n1ccc(Cl)n1. The molecule has 0 aliphatic carbocycles. The van der Waals surface area contributed by atoms with Gasteiger partial charge in [0.15, 0.2) is 11.3 Å². The molecule has 0 N–H and O–H groups in total. The van der Waals surface area contributed by atoms with Gasteiger partial charge in [0.1, 0.15) is 11.9 Å². The van der Waals surface area contributed by atoms with Crippen LogP contribution in [0.3, 0.4) is 0 Å². The maximum absolute atomic E-state index is 13.8. The Balaban J connectivity index is 2.01. The summed E-state index contributed by atoms with van der Waals surface area (Å²) in [6, 6.07) is 7.12. The fourth-order valence-corrected chi connectivity index (χ4v) is 2.83. The number of ether oxygens (including phenoxy) is 1. The molecule has 0 spiro atoms. The standard InChI is InChI=1S/C16H11BrClFN4O3/c1-9(26-14-6-10(17)8-20-16(14)23(24)25)12-7-11(19)2-3-13(12)22-5-4-15(18)21-22/h2-9H,1H3. The molecule has 0 radical (unpaired) electrons. The van der Waals surface area contributed by atoms with Gasteiger partial charge in [-0.1, -0.05) is 11.6 Å². The summed E-state index contributed by atoms with van der Waals surface area (Å²) in [4.78, 5) is 14.3. The van der Waals surface area contributed by atoms with Crippen molar-refractivity contribution in [3.8, 4) is 11.4 Å². The second-order valence-electron chi connectivity index (χ2n) is 5.28. The van der Waals surface area contributed by atoms with Crippen LogP contribution < -0.4 is 4.74 Å². The maximum atomic E-state index is 13.8. The van der Waals surface area contributed by atoms with Gasteiger partial charge in [0, 0.05) is 17.8 Å². The summed E-state index contributed by atoms with van der Waals surface area (Å²) in [5.74, 6) is -0.940. The number of benzene rings is 1. The van der Waals surface area contributed by atoms with E-state index in [0.717, 1.165) is 0 Å². The number of halogens is 3. The molecule has 3 rings (SSSR count). The second kappa shape index (κ2) is 7.38. The zero-order valence-electron chi connectivity index (χ0n) is 13.3. The third-order valence-corrected chi connectivity index (χ3v) is 4.14.